The van der Waals surface area contributed by atoms with Gasteiger partial charge in [-0.25, -0.2) is 13.4 Å². The van der Waals surface area contributed by atoms with Crippen LogP contribution in [0.5, 0.6) is 5.75 Å². The number of fused-ring (bicyclic) bond motifs is 3. The molecule has 2 aromatic heterocycles. The van der Waals surface area contributed by atoms with Gasteiger partial charge in [0, 0.05) is 7.05 Å². The number of benzene rings is 2. The Hall–Kier alpha value is -3.16. The number of para-hydroxylation sites is 1. The Morgan fingerprint density at radius 2 is 2.03 bits per heavy atom. The van der Waals surface area contributed by atoms with Crippen molar-refractivity contribution < 1.29 is 17.9 Å². The highest BCUT2D eigenvalue weighted by Crippen LogP contribution is 2.39. The smallest absolute Gasteiger partial charge is 0.274 e. The van der Waals surface area contributed by atoms with Gasteiger partial charge in [-0.1, -0.05) is 35.2 Å². The van der Waals surface area contributed by atoms with E-state index in [1.807, 2.05) is 12.1 Å². The Labute approximate surface area is 191 Å². The van der Waals surface area contributed by atoms with Gasteiger partial charge in [-0.15, -0.1) is 10.2 Å². The number of aromatic nitrogens is 4. The normalized spacial score (nSPS) is 14.1. The Balaban J connectivity index is 1.34. The lowest BCUT2D eigenvalue weighted by Gasteiger charge is -2.27. The van der Waals surface area contributed by atoms with Gasteiger partial charge in [0.1, 0.15) is 10.6 Å². The Kier molecular flexibility index (Phi) is 5.03. The molecule has 0 radical (unpaired) electrons. The van der Waals surface area contributed by atoms with Gasteiger partial charge in [0.2, 0.25) is 17.0 Å². The minimum Gasteiger partial charge on any atom is -0.497 e. The number of amides is 1. The summed E-state index contributed by atoms with van der Waals surface area (Å²) >= 11 is 2.31. The lowest BCUT2D eigenvalue weighted by molar-refractivity contribution is -0.113. The van der Waals surface area contributed by atoms with Crippen molar-refractivity contribution >= 4 is 66.0 Å². The number of ether oxygens (including phenoxy) is 1. The fourth-order valence-corrected chi connectivity index (χ4v) is 6.81. The molecular formula is C19H16N6O4S3. The second-order valence-electron chi connectivity index (χ2n) is 6.77. The van der Waals surface area contributed by atoms with Gasteiger partial charge in [0.25, 0.3) is 10.0 Å². The van der Waals surface area contributed by atoms with Gasteiger partial charge in [-0.05, 0) is 30.3 Å². The van der Waals surface area contributed by atoms with E-state index in [0.717, 1.165) is 26.0 Å². The van der Waals surface area contributed by atoms with E-state index in [1.165, 1.54) is 17.4 Å². The number of carbonyl (C=O) groups is 1. The third kappa shape index (κ3) is 3.38. The molecule has 2 aromatic carbocycles. The molecule has 1 aliphatic heterocycles. The van der Waals surface area contributed by atoms with Gasteiger partial charge in [0.05, 0.1) is 28.8 Å². The Morgan fingerprint density at radius 1 is 1.22 bits per heavy atom. The number of nitrogens with zero attached hydrogens (tertiary/aromatic N) is 5. The number of rotatable bonds is 5. The fraction of sp³-hybridized carbons (Fsp3) is 0.158. The third-order valence-electron chi connectivity index (χ3n) is 4.80. The highest BCUT2D eigenvalue weighted by Gasteiger charge is 2.36. The van der Waals surface area contributed by atoms with Crippen LogP contribution < -0.4 is 15.0 Å². The summed E-state index contributed by atoms with van der Waals surface area (Å²) in [7, 11) is -0.572. The van der Waals surface area contributed by atoms with Gasteiger partial charge in [-0.3, -0.25) is 4.79 Å². The second kappa shape index (κ2) is 7.76. The van der Waals surface area contributed by atoms with Gasteiger partial charge in [0.15, 0.2) is 5.13 Å². The van der Waals surface area contributed by atoms with Crippen LogP contribution in [0.15, 0.2) is 52.5 Å². The van der Waals surface area contributed by atoms with E-state index in [4.69, 9.17) is 4.74 Å². The van der Waals surface area contributed by atoms with E-state index in [-0.39, 0.29) is 27.7 Å². The molecule has 0 aliphatic carbocycles. The summed E-state index contributed by atoms with van der Waals surface area (Å²) in [4.78, 5) is 18.7. The summed E-state index contributed by atoms with van der Waals surface area (Å²) in [6, 6.07) is 12.1. The van der Waals surface area contributed by atoms with Crippen LogP contribution in [0.3, 0.4) is 0 Å². The minimum atomic E-state index is -3.88. The van der Waals surface area contributed by atoms with Gasteiger partial charge < -0.3 is 15.0 Å². The predicted octanol–water partition coefficient (Wildman–Crippen LogP) is 2.95. The lowest BCUT2D eigenvalue weighted by atomic mass is 10.3. The molecule has 4 aromatic rings. The fourth-order valence-electron chi connectivity index (χ4n) is 3.28. The third-order valence-corrected chi connectivity index (χ3v) is 8.50. The minimum absolute atomic E-state index is 0.0573. The molecule has 32 heavy (non-hydrogen) atoms. The van der Waals surface area contributed by atoms with Crippen molar-refractivity contribution in [1.82, 2.24) is 19.2 Å². The molecule has 1 N–H and O–H groups in total. The van der Waals surface area contributed by atoms with E-state index in [1.54, 1.807) is 43.3 Å². The lowest BCUT2D eigenvalue weighted by Crippen LogP contribution is -2.28. The van der Waals surface area contributed by atoms with E-state index in [9.17, 15) is 13.2 Å². The molecule has 1 aliphatic rings. The van der Waals surface area contributed by atoms with Crippen molar-refractivity contribution in [2.75, 3.05) is 30.1 Å². The average Bonchev–Trinajstić information content (AvgIpc) is 3.40. The van der Waals surface area contributed by atoms with E-state index >= 15 is 0 Å². The summed E-state index contributed by atoms with van der Waals surface area (Å²) in [6.45, 7) is 0. The summed E-state index contributed by atoms with van der Waals surface area (Å²) in [5, 5.41) is 11.3. The van der Waals surface area contributed by atoms with Crippen molar-refractivity contribution in [3.63, 3.8) is 0 Å². The first-order valence-corrected chi connectivity index (χ1v) is 12.5. The zero-order valence-electron chi connectivity index (χ0n) is 16.8. The molecule has 5 rings (SSSR count). The molecule has 0 unspecified atom stereocenters. The SMILES string of the molecule is COc1ccc2nc(NC(=O)CSc3nnc4n3S(=O)(=O)c3ccccc3N4C)sc2c1. The van der Waals surface area contributed by atoms with Crippen molar-refractivity contribution in [2.45, 2.75) is 10.1 Å². The number of hydrogen-bond donors (Lipinski definition) is 1. The summed E-state index contributed by atoms with van der Waals surface area (Å²) in [6.07, 6.45) is 0. The van der Waals surface area contributed by atoms with Crippen LogP contribution in [0.25, 0.3) is 10.2 Å². The van der Waals surface area contributed by atoms with Gasteiger partial charge in [-0.2, -0.15) is 3.97 Å². The number of anilines is 3. The molecule has 164 valence electrons. The van der Waals surface area contributed by atoms with E-state index < -0.39 is 10.0 Å². The predicted molar refractivity (Wildman–Crippen MR) is 123 cm³/mol. The molecule has 0 saturated carbocycles. The maximum absolute atomic E-state index is 13.1. The van der Waals surface area contributed by atoms with Crippen LogP contribution in [-0.2, 0) is 14.8 Å². The first-order chi connectivity index (χ1) is 15.4. The number of hydrogen-bond acceptors (Lipinski definition) is 10. The summed E-state index contributed by atoms with van der Waals surface area (Å²) in [5.41, 5.74) is 1.27. The number of methoxy groups -OCH3 is 1. The zero-order chi connectivity index (χ0) is 22.5. The molecular weight excluding hydrogens is 472 g/mol. The highest BCUT2D eigenvalue weighted by atomic mass is 32.2. The summed E-state index contributed by atoms with van der Waals surface area (Å²) < 4.78 is 33.4. The van der Waals surface area contributed by atoms with Crippen molar-refractivity contribution in [3.05, 3.63) is 42.5 Å². The van der Waals surface area contributed by atoms with Crippen molar-refractivity contribution in [3.8, 4) is 5.75 Å². The second-order valence-corrected chi connectivity index (χ2v) is 10.5. The Morgan fingerprint density at radius 3 is 2.84 bits per heavy atom. The molecule has 0 bridgehead atoms. The quantitative estimate of drug-likeness (QED) is 0.423. The summed E-state index contributed by atoms with van der Waals surface area (Å²) in [5.74, 6) is 0.490. The number of nitrogens with one attached hydrogen (secondary N) is 1. The topological polar surface area (TPSA) is 119 Å². The van der Waals surface area contributed by atoms with E-state index in [2.05, 4.69) is 20.5 Å². The van der Waals surface area contributed by atoms with Gasteiger partial charge >= 0.3 is 0 Å². The van der Waals surface area contributed by atoms with Crippen molar-refractivity contribution in [2.24, 2.45) is 0 Å². The first kappa shape index (κ1) is 20.7. The van der Waals surface area contributed by atoms with Crippen LogP contribution in [0.2, 0.25) is 0 Å². The number of thioether (sulfide) groups is 1. The van der Waals surface area contributed by atoms with Crippen molar-refractivity contribution in [1.29, 1.82) is 0 Å². The largest absolute Gasteiger partial charge is 0.497 e. The molecule has 13 heteroatoms. The zero-order valence-corrected chi connectivity index (χ0v) is 19.3. The molecule has 3 heterocycles. The molecule has 0 saturated heterocycles. The molecule has 1 amide bonds. The number of carbonyl (C=O) groups excluding carboxylic acids is 1. The molecule has 10 nitrogen and oxygen atoms in total. The Bertz CT molecular complexity index is 1460. The standard InChI is InChI=1S/C19H16N6O4S3/c1-24-13-5-3-4-6-15(13)32(27,28)25-18(24)22-23-19(25)30-10-16(26)21-17-20-12-8-7-11(29-2)9-14(12)31-17/h3-9H,10H2,1-2H3,(H,20,21,26). The number of thiazole rings is 1. The van der Waals surface area contributed by atoms with Crippen LogP contribution in [0, 0.1) is 0 Å². The van der Waals surface area contributed by atoms with Crippen LogP contribution in [0.1, 0.15) is 0 Å². The molecule has 0 fully saturated rings. The first-order valence-electron chi connectivity index (χ1n) is 9.29. The monoisotopic (exact) mass is 488 g/mol. The van der Waals surface area contributed by atoms with Crippen LogP contribution >= 0.6 is 23.1 Å². The van der Waals surface area contributed by atoms with Crippen LogP contribution in [0.4, 0.5) is 16.8 Å². The average molecular weight is 489 g/mol. The maximum atomic E-state index is 13.1. The molecule has 0 atom stereocenters. The van der Waals surface area contributed by atoms with Crippen LogP contribution in [-0.4, -0.2) is 53.4 Å². The molecule has 0 spiro atoms. The van der Waals surface area contributed by atoms with E-state index in [0.29, 0.717) is 16.6 Å². The highest BCUT2D eigenvalue weighted by molar-refractivity contribution is 8.00. The maximum Gasteiger partial charge on any atom is 0.274 e.